The highest BCUT2D eigenvalue weighted by molar-refractivity contribution is 5.58. The highest BCUT2D eigenvalue weighted by Gasteiger charge is 2.33. The van der Waals surface area contributed by atoms with Crippen LogP contribution < -0.4 is 20.5 Å². The molecule has 5 nitrogen and oxygen atoms in total. The summed E-state index contributed by atoms with van der Waals surface area (Å²) >= 11 is 0. The number of nitrogens with one attached hydrogen (secondary N) is 1. The Morgan fingerprint density at radius 3 is 2.39 bits per heavy atom. The average molecular weight is 252 g/mol. The maximum absolute atomic E-state index is 6.03. The lowest BCUT2D eigenvalue weighted by Gasteiger charge is -2.19. The van der Waals surface area contributed by atoms with Gasteiger partial charge in [-0.25, -0.2) is 0 Å². The standard InChI is InChI=1S/C13H20N2O3/c1-13(2)7-18-12(15-13)8-5-10(16-3)11(17-4)6-9(8)14/h5-6,12,15H,7,14H2,1-4H3. The van der Waals surface area contributed by atoms with Gasteiger partial charge in [0.05, 0.1) is 20.8 Å². The Bertz CT molecular complexity index is 446. The molecule has 0 aromatic heterocycles. The number of ether oxygens (including phenoxy) is 3. The minimum absolute atomic E-state index is 0.0513. The van der Waals surface area contributed by atoms with Crippen LogP contribution in [0.15, 0.2) is 12.1 Å². The van der Waals surface area contributed by atoms with E-state index in [4.69, 9.17) is 19.9 Å². The zero-order valence-corrected chi connectivity index (χ0v) is 11.2. The van der Waals surface area contributed by atoms with Crippen molar-refractivity contribution in [2.75, 3.05) is 26.6 Å². The molecule has 1 saturated heterocycles. The van der Waals surface area contributed by atoms with Crippen molar-refractivity contribution in [3.05, 3.63) is 17.7 Å². The van der Waals surface area contributed by atoms with Crippen molar-refractivity contribution in [1.82, 2.24) is 5.32 Å². The zero-order chi connectivity index (χ0) is 13.3. The Hall–Kier alpha value is -1.46. The summed E-state index contributed by atoms with van der Waals surface area (Å²) < 4.78 is 16.2. The molecule has 1 atom stereocenters. The van der Waals surface area contributed by atoms with Gasteiger partial charge in [0.2, 0.25) is 0 Å². The van der Waals surface area contributed by atoms with Gasteiger partial charge in [0.15, 0.2) is 11.5 Å². The van der Waals surface area contributed by atoms with Crippen molar-refractivity contribution in [3.63, 3.8) is 0 Å². The Balaban J connectivity index is 2.34. The first-order valence-corrected chi connectivity index (χ1v) is 5.87. The number of benzene rings is 1. The van der Waals surface area contributed by atoms with E-state index in [-0.39, 0.29) is 11.8 Å². The lowest BCUT2D eigenvalue weighted by atomic mass is 10.1. The first-order valence-electron chi connectivity index (χ1n) is 5.87. The van der Waals surface area contributed by atoms with Crippen molar-refractivity contribution in [2.24, 2.45) is 0 Å². The average Bonchev–Trinajstić information content (AvgIpc) is 2.69. The van der Waals surface area contributed by atoms with Gasteiger partial charge in [-0.05, 0) is 19.9 Å². The van der Waals surface area contributed by atoms with Gasteiger partial charge in [0, 0.05) is 22.9 Å². The monoisotopic (exact) mass is 252 g/mol. The second-order valence-electron chi connectivity index (χ2n) is 5.06. The van der Waals surface area contributed by atoms with Gasteiger partial charge in [-0.3, -0.25) is 5.32 Å². The van der Waals surface area contributed by atoms with Crippen molar-refractivity contribution in [3.8, 4) is 11.5 Å². The fourth-order valence-corrected chi connectivity index (χ4v) is 2.03. The minimum atomic E-state index is -0.209. The number of anilines is 1. The molecule has 1 heterocycles. The normalized spacial score (nSPS) is 21.9. The first kappa shape index (κ1) is 13.0. The number of nitrogen functional groups attached to an aromatic ring is 1. The quantitative estimate of drug-likeness (QED) is 0.801. The van der Waals surface area contributed by atoms with E-state index in [1.807, 2.05) is 6.07 Å². The second-order valence-corrected chi connectivity index (χ2v) is 5.06. The summed E-state index contributed by atoms with van der Waals surface area (Å²) in [6.07, 6.45) is -0.209. The van der Waals surface area contributed by atoms with E-state index in [1.165, 1.54) is 0 Å². The topological polar surface area (TPSA) is 65.7 Å². The predicted molar refractivity (Wildman–Crippen MR) is 69.9 cm³/mol. The van der Waals surface area contributed by atoms with Gasteiger partial charge in [0.1, 0.15) is 6.23 Å². The highest BCUT2D eigenvalue weighted by Crippen LogP contribution is 2.37. The van der Waals surface area contributed by atoms with E-state index in [9.17, 15) is 0 Å². The SMILES string of the molecule is COc1cc(N)c(C2NC(C)(C)CO2)cc1OC. The molecule has 2 rings (SSSR count). The Morgan fingerprint density at radius 1 is 1.28 bits per heavy atom. The molecule has 0 aliphatic carbocycles. The maximum Gasteiger partial charge on any atom is 0.162 e. The van der Waals surface area contributed by atoms with Gasteiger partial charge in [-0.1, -0.05) is 0 Å². The third kappa shape index (κ3) is 2.37. The molecule has 100 valence electrons. The molecule has 1 aliphatic rings. The van der Waals surface area contributed by atoms with E-state index in [0.717, 1.165) is 5.56 Å². The molecule has 1 fully saturated rings. The van der Waals surface area contributed by atoms with Crippen LogP contribution in [0.4, 0.5) is 5.69 Å². The number of hydrogen-bond donors (Lipinski definition) is 2. The summed E-state index contributed by atoms with van der Waals surface area (Å²) in [7, 11) is 3.19. The van der Waals surface area contributed by atoms with Crippen molar-refractivity contribution in [1.29, 1.82) is 0 Å². The number of rotatable bonds is 3. The second kappa shape index (κ2) is 4.66. The van der Waals surface area contributed by atoms with Crippen LogP contribution in [0.1, 0.15) is 25.6 Å². The van der Waals surface area contributed by atoms with E-state index in [1.54, 1.807) is 20.3 Å². The minimum Gasteiger partial charge on any atom is -0.493 e. The molecule has 0 bridgehead atoms. The molecule has 3 N–H and O–H groups in total. The van der Waals surface area contributed by atoms with Crippen LogP contribution in [-0.2, 0) is 4.74 Å². The third-order valence-electron chi connectivity index (χ3n) is 3.00. The Morgan fingerprint density at radius 2 is 1.89 bits per heavy atom. The third-order valence-corrected chi connectivity index (χ3v) is 3.00. The molecule has 0 amide bonds. The van der Waals surface area contributed by atoms with E-state index in [0.29, 0.717) is 23.8 Å². The summed E-state index contributed by atoms with van der Waals surface area (Å²) in [4.78, 5) is 0. The highest BCUT2D eigenvalue weighted by atomic mass is 16.5. The van der Waals surface area contributed by atoms with Gasteiger partial charge < -0.3 is 19.9 Å². The lowest BCUT2D eigenvalue weighted by Crippen LogP contribution is -2.36. The van der Waals surface area contributed by atoms with Crippen molar-refractivity contribution in [2.45, 2.75) is 25.6 Å². The van der Waals surface area contributed by atoms with Gasteiger partial charge in [-0.15, -0.1) is 0 Å². The Labute approximate surface area is 107 Å². The van der Waals surface area contributed by atoms with Crippen LogP contribution >= 0.6 is 0 Å². The fourth-order valence-electron chi connectivity index (χ4n) is 2.03. The van der Waals surface area contributed by atoms with Gasteiger partial charge >= 0.3 is 0 Å². The van der Waals surface area contributed by atoms with E-state index < -0.39 is 0 Å². The molecule has 0 spiro atoms. The van der Waals surface area contributed by atoms with E-state index in [2.05, 4.69) is 19.2 Å². The molecule has 1 aromatic carbocycles. The van der Waals surface area contributed by atoms with Crippen LogP contribution in [-0.4, -0.2) is 26.4 Å². The fraction of sp³-hybridized carbons (Fsp3) is 0.538. The van der Waals surface area contributed by atoms with Gasteiger partial charge in [0.25, 0.3) is 0 Å². The molecule has 18 heavy (non-hydrogen) atoms. The molecule has 1 aromatic rings. The van der Waals surface area contributed by atoms with Crippen LogP contribution in [0.5, 0.6) is 11.5 Å². The first-order chi connectivity index (χ1) is 8.46. The van der Waals surface area contributed by atoms with Gasteiger partial charge in [-0.2, -0.15) is 0 Å². The van der Waals surface area contributed by atoms with Crippen LogP contribution in [0.25, 0.3) is 0 Å². The Kier molecular flexibility index (Phi) is 3.36. The molecule has 0 saturated carbocycles. The number of hydrogen-bond acceptors (Lipinski definition) is 5. The smallest absolute Gasteiger partial charge is 0.162 e. The summed E-state index contributed by atoms with van der Waals surface area (Å²) in [5.74, 6) is 1.27. The zero-order valence-electron chi connectivity index (χ0n) is 11.2. The molecule has 5 heteroatoms. The lowest BCUT2D eigenvalue weighted by molar-refractivity contribution is 0.0992. The maximum atomic E-state index is 6.03. The van der Waals surface area contributed by atoms with Crippen molar-refractivity contribution < 1.29 is 14.2 Å². The largest absolute Gasteiger partial charge is 0.493 e. The summed E-state index contributed by atoms with van der Waals surface area (Å²) in [6.45, 7) is 4.82. The molecule has 0 radical (unpaired) electrons. The molecule has 1 aliphatic heterocycles. The number of nitrogens with two attached hydrogens (primary N) is 1. The molecular formula is C13H20N2O3. The van der Waals surface area contributed by atoms with E-state index >= 15 is 0 Å². The number of methoxy groups -OCH3 is 2. The summed E-state index contributed by atoms with van der Waals surface area (Å²) in [5.41, 5.74) is 7.48. The van der Waals surface area contributed by atoms with Crippen LogP contribution in [0.2, 0.25) is 0 Å². The van der Waals surface area contributed by atoms with Crippen molar-refractivity contribution >= 4 is 5.69 Å². The summed E-state index contributed by atoms with van der Waals surface area (Å²) in [6, 6.07) is 3.61. The molecule has 1 unspecified atom stereocenters. The van der Waals surface area contributed by atoms with Crippen LogP contribution in [0.3, 0.4) is 0 Å². The summed E-state index contributed by atoms with van der Waals surface area (Å²) in [5, 5.41) is 3.38. The van der Waals surface area contributed by atoms with Crippen LogP contribution in [0, 0.1) is 0 Å². The molecular weight excluding hydrogens is 232 g/mol. The predicted octanol–water partition coefficient (Wildman–Crippen LogP) is 1.68.